The van der Waals surface area contributed by atoms with Crippen molar-refractivity contribution in [3.63, 3.8) is 0 Å². The van der Waals surface area contributed by atoms with E-state index < -0.39 is 0 Å². The number of nitrogens with zero attached hydrogens (tertiary/aromatic N) is 3. The van der Waals surface area contributed by atoms with E-state index in [1.165, 1.54) is 12.4 Å². The molecule has 1 aliphatic heterocycles. The van der Waals surface area contributed by atoms with Crippen molar-refractivity contribution in [1.82, 2.24) is 19.9 Å². The van der Waals surface area contributed by atoms with Crippen molar-refractivity contribution in [2.45, 2.75) is 13.0 Å². The molecular formula is C16H12Cl2N4O2. The summed E-state index contributed by atoms with van der Waals surface area (Å²) >= 11 is 12.3. The number of amides is 1. The molecule has 1 aliphatic rings. The van der Waals surface area contributed by atoms with Gasteiger partial charge in [-0.2, -0.15) is 0 Å². The highest BCUT2D eigenvalue weighted by Crippen LogP contribution is 2.35. The number of hydrogen-bond donors (Lipinski definition) is 2. The lowest BCUT2D eigenvalue weighted by molar-refractivity contribution is 0.0722. The van der Waals surface area contributed by atoms with Gasteiger partial charge in [0.25, 0.3) is 5.91 Å². The second-order valence-corrected chi connectivity index (χ2v) is 6.39. The summed E-state index contributed by atoms with van der Waals surface area (Å²) in [7, 11) is 0. The number of nitrogens with one attached hydrogen (secondary N) is 1. The number of carbonyl (C=O) groups excluding carboxylic acids is 1. The zero-order chi connectivity index (χ0) is 16.8. The number of hydrogen-bond acceptors (Lipinski definition) is 4. The van der Waals surface area contributed by atoms with Crippen LogP contribution in [-0.2, 0) is 13.0 Å². The highest BCUT2D eigenvalue weighted by atomic mass is 35.5. The van der Waals surface area contributed by atoms with Crippen molar-refractivity contribution >= 4 is 40.0 Å². The maximum absolute atomic E-state index is 12.6. The maximum Gasteiger partial charge on any atom is 0.291 e. The first-order valence-electron chi connectivity index (χ1n) is 7.32. The van der Waals surface area contributed by atoms with Crippen LogP contribution in [0.15, 0.2) is 24.5 Å². The molecule has 122 valence electrons. The monoisotopic (exact) mass is 362 g/mol. The normalized spacial score (nSPS) is 14.0. The van der Waals surface area contributed by atoms with E-state index in [9.17, 15) is 9.90 Å². The van der Waals surface area contributed by atoms with Crippen LogP contribution in [0.3, 0.4) is 0 Å². The molecule has 0 unspecified atom stereocenters. The van der Waals surface area contributed by atoms with Crippen LogP contribution >= 0.6 is 23.2 Å². The van der Waals surface area contributed by atoms with Crippen molar-refractivity contribution in [3.8, 4) is 5.75 Å². The van der Waals surface area contributed by atoms with E-state index in [-0.39, 0.29) is 17.5 Å². The summed E-state index contributed by atoms with van der Waals surface area (Å²) in [6, 6.07) is 3.66. The number of aromatic nitrogens is 3. The fourth-order valence-electron chi connectivity index (χ4n) is 2.97. The van der Waals surface area contributed by atoms with Crippen molar-refractivity contribution in [2.75, 3.05) is 6.54 Å². The predicted molar refractivity (Wildman–Crippen MR) is 90.5 cm³/mol. The van der Waals surface area contributed by atoms with Crippen molar-refractivity contribution in [1.29, 1.82) is 0 Å². The van der Waals surface area contributed by atoms with E-state index in [4.69, 9.17) is 23.2 Å². The van der Waals surface area contributed by atoms with Crippen molar-refractivity contribution in [3.05, 3.63) is 51.7 Å². The van der Waals surface area contributed by atoms with E-state index in [0.717, 1.165) is 22.2 Å². The zero-order valence-electron chi connectivity index (χ0n) is 12.4. The minimum atomic E-state index is -0.268. The van der Waals surface area contributed by atoms with Crippen LogP contribution in [0, 0.1) is 0 Å². The molecule has 8 heteroatoms. The Morgan fingerprint density at radius 3 is 2.75 bits per heavy atom. The summed E-state index contributed by atoms with van der Waals surface area (Å²) in [5, 5.41) is 11.2. The maximum atomic E-state index is 12.6. The lowest BCUT2D eigenvalue weighted by Gasteiger charge is -2.26. The third-order valence-electron chi connectivity index (χ3n) is 4.16. The minimum Gasteiger partial charge on any atom is -0.505 e. The molecule has 3 aromatic rings. The molecule has 0 radical (unpaired) electrons. The molecule has 3 heterocycles. The molecule has 0 spiro atoms. The standard InChI is InChI=1S/C16H12Cl2N4O2/c17-11-2-1-9-10-7-22(4-3-12(10)21-14(9)13(11)18)16(24)15-19-5-8(23)6-20-15/h1-2,5-6,21,23H,3-4,7H2. The van der Waals surface area contributed by atoms with Crippen molar-refractivity contribution < 1.29 is 9.90 Å². The quantitative estimate of drug-likeness (QED) is 0.696. The molecule has 0 atom stereocenters. The van der Waals surface area contributed by atoms with Gasteiger partial charge in [0.1, 0.15) is 0 Å². The molecule has 0 saturated carbocycles. The van der Waals surface area contributed by atoms with Gasteiger partial charge in [0.05, 0.1) is 28.0 Å². The van der Waals surface area contributed by atoms with Crippen LogP contribution in [0.5, 0.6) is 5.75 Å². The Hall–Kier alpha value is -2.31. The van der Waals surface area contributed by atoms with Gasteiger partial charge >= 0.3 is 0 Å². The van der Waals surface area contributed by atoms with Crippen LogP contribution in [0.1, 0.15) is 21.9 Å². The fourth-order valence-corrected chi connectivity index (χ4v) is 3.34. The average Bonchev–Trinajstić information content (AvgIpc) is 2.97. The van der Waals surface area contributed by atoms with E-state index in [1.807, 2.05) is 6.07 Å². The van der Waals surface area contributed by atoms with Gasteiger partial charge in [0, 0.05) is 36.2 Å². The largest absolute Gasteiger partial charge is 0.505 e. The van der Waals surface area contributed by atoms with Crippen molar-refractivity contribution in [2.24, 2.45) is 0 Å². The van der Waals surface area contributed by atoms with Crippen LogP contribution in [-0.4, -0.2) is 37.4 Å². The van der Waals surface area contributed by atoms with Gasteiger partial charge in [-0.25, -0.2) is 9.97 Å². The second kappa shape index (κ2) is 5.65. The zero-order valence-corrected chi connectivity index (χ0v) is 13.9. The van der Waals surface area contributed by atoms with Crippen LogP contribution in [0.2, 0.25) is 10.0 Å². The summed E-state index contributed by atoms with van der Waals surface area (Å²) in [6.07, 6.45) is 3.11. The van der Waals surface area contributed by atoms with E-state index in [1.54, 1.807) is 11.0 Å². The molecule has 2 aromatic heterocycles. The molecule has 0 aliphatic carbocycles. The lowest BCUT2D eigenvalue weighted by atomic mass is 10.0. The number of H-pyrrole nitrogens is 1. The molecule has 0 bridgehead atoms. The summed E-state index contributed by atoms with van der Waals surface area (Å²) in [6.45, 7) is 0.991. The number of fused-ring (bicyclic) bond motifs is 3. The lowest BCUT2D eigenvalue weighted by Crippen LogP contribution is -2.36. The van der Waals surface area contributed by atoms with Gasteiger partial charge in [-0.15, -0.1) is 0 Å². The molecule has 4 rings (SSSR count). The third kappa shape index (κ3) is 2.39. The Morgan fingerprint density at radius 2 is 2.00 bits per heavy atom. The molecule has 6 nitrogen and oxygen atoms in total. The first kappa shape index (κ1) is 15.2. The average molecular weight is 363 g/mol. The Morgan fingerprint density at radius 1 is 1.25 bits per heavy atom. The number of benzene rings is 1. The second-order valence-electron chi connectivity index (χ2n) is 5.61. The third-order valence-corrected chi connectivity index (χ3v) is 4.96. The van der Waals surface area contributed by atoms with E-state index in [0.29, 0.717) is 29.6 Å². The van der Waals surface area contributed by atoms with Crippen LogP contribution < -0.4 is 0 Å². The fraction of sp³-hybridized carbons (Fsp3) is 0.188. The van der Waals surface area contributed by atoms with Gasteiger partial charge in [0.15, 0.2) is 5.75 Å². The smallest absolute Gasteiger partial charge is 0.291 e. The number of halogens is 2. The van der Waals surface area contributed by atoms with E-state index >= 15 is 0 Å². The van der Waals surface area contributed by atoms with Gasteiger partial charge in [0.2, 0.25) is 5.82 Å². The number of rotatable bonds is 1. The Balaban J connectivity index is 1.69. The molecule has 1 aromatic carbocycles. The highest BCUT2D eigenvalue weighted by Gasteiger charge is 2.27. The predicted octanol–water partition coefficient (Wildman–Crippen LogP) is 3.17. The topological polar surface area (TPSA) is 82.1 Å². The molecule has 2 N–H and O–H groups in total. The Bertz CT molecular complexity index is 953. The van der Waals surface area contributed by atoms with Gasteiger partial charge in [-0.1, -0.05) is 29.3 Å². The highest BCUT2D eigenvalue weighted by molar-refractivity contribution is 6.45. The van der Waals surface area contributed by atoms with Gasteiger partial charge in [-0.3, -0.25) is 4.79 Å². The van der Waals surface area contributed by atoms with Gasteiger partial charge < -0.3 is 15.0 Å². The molecular weight excluding hydrogens is 351 g/mol. The number of aromatic amines is 1. The molecule has 0 fully saturated rings. The van der Waals surface area contributed by atoms with Crippen LogP contribution in [0.4, 0.5) is 0 Å². The van der Waals surface area contributed by atoms with E-state index in [2.05, 4.69) is 15.0 Å². The Kier molecular flexibility index (Phi) is 3.58. The molecule has 0 saturated heterocycles. The first-order valence-corrected chi connectivity index (χ1v) is 8.08. The minimum absolute atomic E-state index is 0.0668. The molecule has 24 heavy (non-hydrogen) atoms. The molecule has 1 amide bonds. The SMILES string of the molecule is O=C(c1ncc(O)cn1)N1CCc2[nH]c3c(Cl)c(Cl)ccc3c2C1. The number of aromatic hydroxyl groups is 1. The summed E-state index contributed by atoms with van der Waals surface area (Å²) in [5.41, 5.74) is 2.89. The van der Waals surface area contributed by atoms with Gasteiger partial charge in [-0.05, 0) is 6.07 Å². The summed E-state index contributed by atoms with van der Waals surface area (Å²) < 4.78 is 0. The number of carbonyl (C=O) groups is 1. The first-order chi connectivity index (χ1) is 11.5. The van der Waals surface area contributed by atoms with Crippen LogP contribution in [0.25, 0.3) is 10.9 Å². The Labute approximate surface area is 147 Å². The summed E-state index contributed by atoms with van der Waals surface area (Å²) in [5.74, 6) is -0.275. The summed E-state index contributed by atoms with van der Waals surface area (Å²) in [4.78, 5) is 25.3.